The van der Waals surface area contributed by atoms with Gasteiger partial charge in [0.15, 0.2) is 0 Å². The van der Waals surface area contributed by atoms with Gasteiger partial charge in [-0.3, -0.25) is 0 Å². The van der Waals surface area contributed by atoms with Gasteiger partial charge in [-0.1, -0.05) is 50.2 Å². The average molecular weight is 236 g/mol. The maximum absolute atomic E-state index is 10.6. The Kier molecular flexibility index (Phi) is 4.79. The van der Waals surface area contributed by atoms with Crippen molar-refractivity contribution in [1.82, 2.24) is 0 Å². The monoisotopic (exact) mass is 236 g/mol. The Bertz CT molecular complexity index is 522. The zero-order valence-electron chi connectivity index (χ0n) is 9.27. The summed E-state index contributed by atoms with van der Waals surface area (Å²) in [6.07, 6.45) is 0. The van der Waals surface area contributed by atoms with Gasteiger partial charge < -0.3 is 13.2 Å². The summed E-state index contributed by atoms with van der Waals surface area (Å²) in [5.74, 6) is 0.483. The van der Waals surface area contributed by atoms with Gasteiger partial charge >= 0.3 is 0 Å². The predicted octanol–water partition coefficient (Wildman–Crippen LogP) is 3.89. The second-order valence-electron chi connectivity index (χ2n) is 2.80. The third-order valence-corrected chi connectivity index (χ3v) is 2.25. The van der Waals surface area contributed by atoms with Gasteiger partial charge in [0.05, 0.1) is 0 Å². The molecule has 0 spiro atoms. The molecule has 16 heavy (non-hydrogen) atoms. The summed E-state index contributed by atoms with van der Waals surface area (Å²) < 4.78 is 22.3. The number of hydrogen-bond donors (Lipinski definition) is 1. The summed E-state index contributed by atoms with van der Waals surface area (Å²) in [5, 5.41) is 1.88. The lowest BCUT2D eigenvalue weighted by Gasteiger charge is -2.09. The smallest absolute Gasteiger partial charge is 0.108 e. The van der Waals surface area contributed by atoms with Crippen molar-refractivity contribution in [2.45, 2.75) is 13.8 Å². The number of hydrogen-bond acceptors (Lipinski definition) is 4. The fraction of sp³-hybridized carbons (Fsp3) is 0.167. The Labute approximate surface area is 97.3 Å². The van der Waals surface area contributed by atoms with E-state index in [-0.39, 0.29) is 0 Å². The molecule has 0 aliphatic rings. The van der Waals surface area contributed by atoms with E-state index in [0.29, 0.717) is 5.75 Å². The minimum Gasteiger partial charge on any atom is -0.546 e. The summed E-state index contributed by atoms with van der Waals surface area (Å²) in [4.78, 5) is 0. The quantitative estimate of drug-likeness (QED) is 0.804. The van der Waals surface area contributed by atoms with Crippen molar-refractivity contribution < 1.29 is 8.39 Å². The van der Waals surface area contributed by atoms with Gasteiger partial charge in [-0.15, -0.1) is 0 Å². The highest BCUT2D eigenvalue weighted by Crippen LogP contribution is 2.24. The van der Waals surface area contributed by atoms with E-state index in [9.17, 15) is 4.21 Å². The Morgan fingerprint density at radius 2 is 1.69 bits per heavy atom. The maximum Gasteiger partial charge on any atom is 0.108 e. The SMILES string of the molecule is CC.N=[S-](=O)Oc1cccc2ccccc12. The molecule has 0 radical (unpaired) electrons. The lowest BCUT2D eigenvalue weighted by atomic mass is 10.1. The van der Waals surface area contributed by atoms with Crippen LogP contribution in [0.2, 0.25) is 0 Å². The third kappa shape index (κ3) is 2.97. The van der Waals surface area contributed by atoms with Crippen LogP contribution < -0.4 is 4.18 Å². The van der Waals surface area contributed by atoms with Crippen LogP contribution in [0.15, 0.2) is 42.5 Å². The van der Waals surface area contributed by atoms with Crippen molar-refractivity contribution in [1.29, 1.82) is 4.78 Å². The average Bonchev–Trinajstić information content (AvgIpc) is 2.31. The van der Waals surface area contributed by atoms with Crippen LogP contribution in [0.3, 0.4) is 0 Å². The minimum absolute atomic E-state index is 0.483. The molecule has 0 bridgehead atoms. The molecular formula is C12H14NO2S-. The van der Waals surface area contributed by atoms with Gasteiger partial charge in [0.1, 0.15) is 5.75 Å². The van der Waals surface area contributed by atoms with Crippen molar-refractivity contribution in [3.63, 3.8) is 0 Å². The largest absolute Gasteiger partial charge is 0.546 e. The summed E-state index contributed by atoms with van der Waals surface area (Å²) in [7, 11) is -2.02. The van der Waals surface area contributed by atoms with Crippen LogP contribution in [0.5, 0.6) is 5.75 Å². The summed E-state index contributed by atoms with van der Waals surface area (Å²) >= 11 is 0. The molecule has 3 nitrogen and oxygen atoms in total. The normalized spacial score (nSPS) is 9.69. The van der Waals surface area contributed by atoms with E-state index in [2.05, 4.69) is 0 Å². The molecule has 1 N–H and O–H groups in total. The van der Waals surface area contributed by atoms with Gasteiger partial charge in [-0.25, -0.2) is 0 Å². The van der Waals surface area contributed by atoms with Crippen molar-refractivity contribution in [3.8, 4) is 5.75 Å². The molecule has 86 valence electrons. The summed E-state index contributed by atoms with van der Waals surface area (Å²) in [5.41, 5.74) is 0. The molecule has 0 aliphatic heterocycles. The van der Waals surface area contributed by atoms with Crippen LogP contribution in [0.25, 0.3) is 10.8 Å². The molecule has 0 unspecified atom stereocenters. The van der Waals surface area contributed by atoms with E-state index in [0.717, 1.165) is 10.8 Å². The Balaban J connectivity index is 0.000000606. The van der Waals surface area contributed by atoms with Crippen LogP contribution in [0.4, 0.5) is 0 Å². The summed E-state index contributed by atoms with van der Waals surface area (Å²) in [6.45, 7) is 4.00. The number of benzene rings is 2. The number of rotatable bonds is 2. The van der Waals surface area contributed by atoms with E-state index in [4.69, 9.17) is 8.96 Å². The fourth-order valence-corrected chi connectivity index (χ4v) is 1.66. The molecule has 2 rings (SSSR count). The van der Waals surface area contributed by atoms with Gasteiger partial charge in [-0.2, -0.15) is 0 Å². The first-order valence-corrected chi connectivity index (χ1v) is 6.14. The maximum atomic E-state index is 10.6. The standard InChI is InChI=1S/C10H8NO2S.C2H6/c11-14(12)13-10-7-3-5-8-4-1-2-6-9(8)10;1-2/h1-7,11H;1-2H3/q-1;. The van der Waals surface area contributed by atoms with Crippen molar-refractivity contribution in [2.75, 3.05) is 0 Å². The molecule has 0 amide bonds. The van der Waals surface area contributed by atoms with Crippen molar-refractivity contribution in [3.05, 3.63) is 42.5 Å². The highest BCUT2D eigenvalue weighted by molar-refractivity contribution is 7.68. The molecule has 2 aromatic carbocycles. The van der Waals surface area contributed by atoms with Crippen molar-refractivity contribution >= 4 is 21.6 Å². The van der Waals surface area contributed by atoms with E-state index in [1.54, 1.807) is 6.07 Å². The minimum atomic E-state index is -2.02. The topological polar surface area (TPSA) is 50.2 Å². The molecule has 0 aromatic heterocycles. The zero-order chi connectivity index (χ0) is 12.0. The Hall–Kier alpha value is -1.55. The van der Waals surface area contributed by atoms with Crippen LogP contribution in [-0.4, -0.2) is 0 Å². The first-order valence-electron chi connectivity index (χ1n) is 5.06. The molecule has 0 atom stereocenters. The molecule has 0 aliphatic carbocycles. The predicted molar refractivity (Wildman–Crippen MR) is 66.7 cm³/mol. The molecule has 2 aromatic rings. The molecule has 0 saturated carbocycles. The van der Waals surface area contributed by atoms with Crippen LogP contribution in [0.1, 0.15) is 13.8 Å². The van der Waals surface area contributed by atoms with Crippen LogP contribution in [-0.2, 0) is 15.1 Å². The summed E-state index contributed by atoms with van der Waals surface area (Å²) in [6, 6.07) is 13.1. The first-order chi connectivity index (χ1) is 7.77. The Morgan fingerprint density at radius 1 is 1.06 bits per heavy atom. The molecule has 0 fully saturated rings. The number of nitrogens with one attached hydrogen (secondary N) is 1. The van der Waals surface area contributed by atoms with Gasteiger partial charge in [-0.05, 0) is 22.3 Å². The second kappa shape index (κ2) is 6.12. The lowest BCUT2D eigenvalue weighted by molar-refractivity contribution is 0.529. The highest BCUT2D eigenvalue weighted by atomic mass is 32.2. The highest BCUT2D eigenvalue weighted by Gasteiger charge is 1.97. The van der Waals surface area contributed by atoms with E-state index >= 15 is 0 Å². The first kappa shape index (κ1) is 12.5. The molecule has 0 saturated heterocycles. The molecule has 0 heterocycles. The van der Waals surface area contributed by atoms with Gasteiger partial charge in [0.2, 0.25) is 0 Å². The van der Waals surface area contributed by atoms with E-state index in [1.807, 2.05) is 50.2 Å². The third-order valence-electron chi connectivity index (χ3n) is 1.92. The van der Waals surface area contributed by atoms with Crippen LogP contribution >= 0.6 is 0 Å². The Morgan fingerprint density at radius 3 is 2.38 bits per heavy atom. The zero-order valence-corrected chi connectivity index (χ0v) is 10.1. The second-order valence-corrected chi connectivity index (χ2v) is 3.43. The van der Waals surface area contributed by atoms with Crippen molar-refractivity contribution in [2.24, 2.45) is 0 Å². The van der Waals surface area contributed by atoms with Gasteiger partial charge in [0.25, 0.3) is 0 Å². The molecular weight excluding hydrogens is 222 g/mol. The fourth-order valence-electron chi connectivity index (χ4n) is 1.35. The lowest BCUT2D eigenvalue weighted by Crippen LogP contribution is -1.88. The van der Waals surface area contributed by atoms with E-state index in [1.165, 1.54) is 0 Å². The van der Waals surface area contributed by atoms with E-state index < -0.39 is 10.9 Å². The van der Waals surface area contributed by atoms with Gasteiger partial charge in [0, 0.05) is 5.39 Å². The van der Waals surface area contributed by atoms with Crippen LogP contribution in [0, 0.1) is 4.78 Å². The molecule has 4 heteroatoms. The number of fused-ring (bicyclic) bond motifs is 1.